The van der Waals surface area contributed by atoms with E-state index in [9.17, 15) is 0 Å². The second-order valence-corrected chi connectivity index (χ2v) is 6.42. The molecule has 0 spiro atoms. The molecule has 1 aromatic rings. The largest absolute Gasteiger partial charge is 0.377 e. The summed E-state index contributed by atoms with van der Waals surface area (Å²) in [5, 5.41) is 0.582. The highest BCUT2D eigenvalue weighted by molar-refractivity contribution is 6.30. The number of hydrogen-bond acceptors (Lipinski definition) is 5. The maximum absolute atomic E-state index is 5.84. The molecule has 116 valence electrons. The summed E-state index contributed by atoms with van der Waals surface area (Å²) in [6, 6.07) is 0.506. The smallest absolute Gasteiger partial charge is 0.225 e. The third-order valence-electron chi connectivity index (χ3n) is 4.51. The van der Waals surface area contributed by atoms with E-state index in [-0.39, 0.29) is 0 Å². The molecule has 5 nitrogen and oxygen atoms in total. The van der Waals surface area contributed by atoms with Gasteiger partial charge in [0, 0.05) is 39.3 Å². The van der Waals surface area contributed by atoms with Crippen LogP contribution in [0.4, 0.5) is 5.95 Å². The van der Waals surface area contributed by atoms with Crippen molar-refractivity contribution in [2.45, 2.75) is 37.8 Å². The van der Waals surface area contributed by atoms with E-state index in [0.717, 1.165) is 45.0 Å². The van der Waals surface area contributed by atoms with Crippen molar-refractivity contribution >= 4 is 17.5 Å². The van der Waals surface area contributed by atoms with E-state index in [0.29, 0.717) is 17.2 Å². The van der Waals surface area contributed by atoms with E-state index >= 15 is 0 Å². The van der Waals surface area contributed by atoms with Gasteiger partial charge < -0.3 is 14.5 Å². The van der Waals surface area contributed by atoms with Gasteiger partial charge in [0.05, 0.1) is 23.5 Å². The zero-order chi connectivity index (χ0) is 14.7. The maximum atomic E-state index is 5.84. The van der Waals surface area contributed by atoms with Crippen molar-refractivity contribution in [3.8, 4) is 0 Å². The standard InChI is InChI=1S/C15H23ClN4O/c1-19(15-17-9-12(16)10-18-15)13-4-6-20(7-5-13)11-14-3-2-8-21-14/h9-10,13-14H,2-8,11H2,1H3. The number of hydrogen-bond donors (Lipinski definition) is 0. The van der Waals surface area contributed by atoms with Crippen LogP contribution >= 0.6 is 11.6 Å². The third kappa shape index (κ3) is 3.84. The Morgan fingerprint density at radius 2 is 2.00 bits per heavy atom. The van der Waals surface area contributed by atoms with Gasteiger partial charge in [0.1, 0.15) is 0 Å². The predicted octanol–water partition coefficient (Wildman–Crippen LogP) is 2.21. The van der Waals surface area contributed by atoms with Gasteiger partial charge in [-0.3, -0.25) is 0 Å². The van der Waals surface area contributed by atoms with Crippen molar-refractivity contribution in [2.75, 3.05) is 38.2 Å². The summed E-state index contributed by atoms with van der Waals surface area (Å²) in [6.45, 7) is 4.29. The minimum Gasteiger partial charge on any atom is -0.377 e. The SMILES string of the molecule is CN(c1ncc(Cl)cn1)C1CCN(CC2CCCO2)CC1. The normalized spacial score (nSPS) is 24.4. The minimum absolute atomic E-state index is 0.457. The first kappa shape index (κ1) is 15.0. The first-order valence-corrected chi connectivity index (χ1v) is 8.14. The Bertz CT molecular complexity index is 441. The molecule has 2 aliphatic rings. The zero-order valence-corrected chi connectivity index (χ0v) is 13.3. The third-order valence-corrected chi connectivity index (χ3v) is 4.71. The number of nitrogens with zero attached hydrogens (tertiary/aromatic N) is 4. The molecule has 2 aliphatic heterocycles. The zero-order valence-electron chi connectivity index (χ0n) is 12.5. The second kappa shape index (κ2) is 6.90. The minimum atomic E-state index is 0.457. The Kier molecular flexibility index (Phi) is 4.93. The maximum Gasteiger partial charge on any atom is 0.225 e. The van der Waals surface area contributed by atoms with Gasteiger partial charge in [-0.05, 0) is 25.7 Å². The molecule has 0 aliphatic carbocycles. The number of halogens is 1. The van der Waals surface area contributed by atoms with Crippen LogP contribution in [0.2, 0.25) is 5.02 Å². The summed E-state index contributed by atoms with van der Waals surface area (Å²) in [5.74, 6) is 0.761. The van der Waals surface area contributed by atoms with Gasteiger partial charge >= 0.3 is 0 Å². The topological polar surface area (TPSA) is 41.5 Å². The molecular weight excluding hydrogens is 288 g/mol. The van der Waals surface area contributed by atoms with E-state index in [2.05, 4.69) is 26.8 Å². The summed E-state index contributed by atoms with van der Waals surface area (Å²) < 4.78 is 5.73. The number of anilines is 1. The molecular formula is C15H23ClN4O. The molecule has 3 rings (SSSR count). The van der Waals surface area contributed by atoms with Crippen LogP contribution in [0.15, 0.2) is 12.4 Å². The van der Waals surface area contributed by atoms with Gasteiger partial charge in [0.15, 0.2) is 0 Å². The highest BCUT2D eigenvalue weighted by atomic mass is 35.5. The molecule has 0 amide bonds. The average Bonchev–Trinajstić information content (AvgIpc) is 3.01. The Morgan fingerprint density at radius 3 is 2.62 bits per heavy atom. The number of piperidine rings is 1. The van der Waals surface area contributed by atoms with E-state index in [1.54, 1.807) is 12.4 Å². The average molecular weight is 311 g/mol. The highest BCUT2D eigenvalue weighted by Crippen LogP contribution is 2.21. The molecule has 0 radical (unpaired) electrons. The molecule has 3 heterocycles. The van der Waals surface area contributed by atoms with E-state index < -0.39 is 0 Å². The van der Waals surface area contributed by atoms with Crippen LogP contribution in [0.25, 0.3) is 0 Å². The molecule has 0 bridgehead atoms. The van der Waals surface area contributed by atoms with E-state index in [4.69, 9.17) is 16.3 Å². The van der Waals surface area contributed by atoms with E-state index in [1.807, 2.05) is 0 Å². The Hall–Kier alpha value is -0.910. The van der Waals surface area contributed by atoms with Crippen LogP contribution < -0.4 is 4.90 Å². The number of likely N-dealkylation sites (tertiary alicyclic amines) is 1. The lowest BCUT2D eigenvalue weighted by Crippen LogP contribution is -2.45. The van der Waals surface area contributed by atoms with Crippen molar-refractivity contribution in [2.24, 2.45) is 0 Å². The fourth-order valence-electron chi connectivity index (χ4n) is 3.22. The summed E-state index contributed by atoms with van der Waals surface area (Å²) in [7, 11) is 2.07. The number of rotatable bonds is 4. The lowest BCUT2D eigenvalue weighted by atomic mass is 10.0. The fraction of sp³-hybridized carbons (Fsp3) is 0.733. The summed E-state index contributed by atoms with van der Waals surface area (Å²) in [6.07, 6.45) is 8.51. The molecule has 0 N–H and O–H groups in total. The van der Waals surface area contributed by atoms with Gasteiger partial charge in [-0.1, -0.05) is 11.6 Å². The second-order valence-electron chi connectivity index (χ2n) is 5.98. The van der Waals surface area contributed by atoms with Crippen LogP contribution in [0.1, 0.15) is 25.7 Å². The molecule has 1 unspecified atom stereocenters. The van der Waals surface area contributed by atoms with Gasteiger partial charge in [0.25, 0.3) is 0 Å². The van der Waals surface area contributed by atoms with Crippen molar-refractivity contribution in [1.82, 2.24) is 14.9 Å². The Morgan fingerprint density at radius 1 is 1.29 bits per heavy atom. The number of ether oxygens (including phenoxy) is 1. The van der Waals surface area contributed by atoms with Gasteiger partial charge in [-0.15, -0.1) is 0 Å². The molecule has 2 saturated heterocycles. The van der Waals surface area contributed by atoms with Crippen molar-refractivity contribution in [3.05, 3.63) is 17.4 Å². The van der Waals surface area contributed by atoms with Gasteiger partial charge in [-0.25, -0.2) is 9.97 Å². The molecule has 1 aromatic heterocycles. The van der Waals surface area contributed by atoms with E-state index in [1.165, 1.54) is 12.8 Å². The van der Waals surface area contributed by atoms with Crippen LogP contribution in [0, 0.1) is 0 Å². The molecule has 21 heavy (non-hydrogen) atoms. The first-order chi connectivity index (χ1) is 10.2. The summed E-state index contributed by atoms with van der Waals surface area (Å²) >= 11 is 5.84. The lowest BCUT2D eigenvalue weighted by Gasteiger charge is -2.37. The van der Waals surface area contributed by atoms with Crippen molar-refractivity contribution in [3.63, 3.8) is 0 Å². The van der Waals surface area contributed by atoms with Crippen molar-refractivity contribution in [1.29, 1.82) is 0 Å². The van der Waals surface area contributed by atoms with Crippen LogP contribution in [0.5, 0.6) is 0 Å². The quantitative estimate of drug-likeness (QED) is 0.853. The fourth-order valence-corrected chi connectivity index (χ4v) is 3.31. The van der Waals surface area contributed by atoms with Gasteiger partial charge in [-0.2, -0.15) is 0 Å². The van der Waals surface area contributed by atoms with Crippen molar-refractivity contribution < 1.29 is 4.74 Å². The molecule has 1 atom stereocenters. The van der Waals surface area contributed by atoms with Crippen LogP contribution in [-0.4, -0.2) is 60.3 Å². The van der Waals surface area contributed by atoms with Crippen LogP contribution in [-0.2, 0) is 4.74 Å². The molecule has 6 heteroatoms. The molecule has 0 saturated carbocycles. The van der Waals surface area contributed by atoms with Gasteiger partial charge in [0.2, 0.25) is 5.95 Å². The molecule has 0 aromatic carbocycles. The van der Waals surface area contributed by atoms with Crippen LogP contribution in [0.3, 0.4) is 0 Å². The Balaban J connectivity index is 1.49. The predicted molar refractivity (Wildman–Crippen MR) is 83.9 cm³/mol. The first-order valence-electron chi connectivity index (χ1n) is 7.77. The monoisotopic (exact) mass is 310 g/mol. The molecule has 2 fully saturated rings. The lowest BCUT2D eigenvalue weighted by molar-refractivity contribution is 0.0643. The summed E-state index contributed by atoms with van der Waals surface area (Å²) in [5.41, 5.74) is 0. The summed E-state index contributed by atoms with van der Waals surface area (Å²) in [4.78, 5) is 13.3. The highest BCUT2D eigenvalue weighted by Gasteiger charge is 2.26. The number of aromatic nitrogens is 2. The Labute approximate surface area is 131 Å².